The highest BCUT2D eigenvalue weighted by atomic mass is 19.1. The van der Waals surface area contributed by atoms with Crippen molar-refractivity contribution in [2.24, 2.45) is 0 Å². The van der Waals surface area contributed by atoms with E-state index in [0.717, 1.165) is 27.8 Å². The minimum Gasteiger partial charge on any atom is -0.396 e. The summed E-state index contributed by atoms with van der Waals surface area (Å²) in [7, 11) is 0. The number of nitrogens with one attached hydrogen (secondary N) is 2. The molecule has 1 amide bonds. The van der Waals surface area contributed by atoms with Gasteiger partial charge in [-0.3, -0.25) is 9.78 Å². The summed E-state index contributed by atoms with van der Waals surface area (Å²) in [5.41, 5.74) is 6.19. The van der Waals surface area contributed by atoms with Crippen LogP contribution in [0.5, 0.6) is 0 Å². The number of rotatable bonds is 7. The van der Waals surface area contributed by atoms with E-state index in [9.17, 15) is 14.3 Å². The van der Waals surface area contributed by atoms with Crippen LogP contribution < -0.4 is 10.6 Å². The first kappa shape index (κ1) is 22.8. The van der Waals surface area contributed by atoms with E-state index in [4.69, 9.17) is 4.98 Å². The maximum absolute atomic E-state index is 14.0. The van der Waals surface area contributed by atoms with Gasteiger partial charge in [0.1, 0.15) is 11.5 Å². The third-order valence-electron chi connectivity index (χ3n) is 6.21. The number of halogens is 1. The molecule has 0 aliphatic carbocycles. The van der Waals surface area contributed by atoms with Crippen molar-refractivity contribution in [3.05, 3.63) is 107 Å². The topological polar surface area (TPSA) is 87.1 Å². The van der Waals surface area contributed by atoms with Crippen LogP contribution in [0.3, 0.4) is 0 Å². The Labute approximate surface area is 202 Å². The molecule has 35 heavy (non-hydrogen) atoms. The van der Waals surface area contributed by atoms with E-state index in [1.165, 1.54) is 6.07 Å². The third kappa shape index (κ3) is 4.82. The van der Waals surface area contributed by atoms with Crippen LogP contribution in [0.15, 0.2) is 79.1 Å². The number of fused-ring (bicyclic) bond motifs is 1. The van der Waals surface area contributed by atoms with Crippen LogP contribution in [-0.4, -0.2) is 27.6 Å². The predicted octanol–water partition coefficient (Wildman–Crippen LogP) is 4.41. The number of carbonyl (C=O) groups is 1. The van der Waals surface area contributed by atoms with Crippen molar-refractivity contribution in [2.75, 3.05) is 6.61 Å². The van der Waals surface area contributed by atoms with Crippen molar-refractivity contribution in [1.29, 1.82) is 0 Å². The number of hydrogen-bond acceptors (Lipinski definition) is 5. The Morgan fingerprint density at radius 3 is 2.69 bits per heavy atom. The molecule has 0 fully saturated rings. The number of pyridine rings is 2. The third-order valence-corrected chi connectivity index (χ3v) is 6.21. The monoisotopic (exact) mass is 468 g/mol. The van der Waals surface area contributed by atoms with Gasteiger partial charge < -0.3 is 15.7 Å². The van der Waals surface area contributed by atoms with Gasteiger partial charge in [-0.15, -0.1) is 0 Å². The van der Waals surface area contributed by atoms with Crippen molar-refractivity contribution in [3.8, 4) is 22.4 Å². The van der Waals surface area contributed by atoms with Crippen molar-refractivity contribution in [3.63, 3.8) is 0 Å². The zero-order valence-electron chi connectivity index (χ0n) is 19.0. The van der Waals surface area contributed by atoms with Gasteiger partial charge in [-0.05, 0) is 47.4 Å². The molecule has 0 bridgehead atoms. The minimum absolute atomic E-state index is 0.0388. The van der Waals surface area contributed by atoms with Gasteiger partial charge in [0, 0.05) is 54.8 Å². The molecule has 2 aromatic heterocycles. The van der Waals surface area contributed by atoms with Crippen LogP contribution in [0.1, 0.15) is 39.6 Å². The summed E-state index contributed by atoms with van der Waals surface area (Å²) in [4.78, 5) is 22.0. The van der Waals surface area contributed by atoms with Gasteiger partial charge in [0.25, 0.3) is 5.91 Å². The van der Waals surface area contributed by atoms with Crippen LogP contribution in [0, 0.1) is 5.82 Å². The Bertz CT molecular complexity index is 1360. The van der Waals surface area contributed by atoms with E-state index in [-0.39, 0.29) is 36.6 Å². The van der Waals surface area contributed by atoms with Crippen molar-refractivity contribution in [2.45, 2.75) is 25.6 Å². The number of aromatic nitrogens is 2. The van der Waals surface area contributed by atoms with Crippen molar-refractivity contribution in [1.82, 2.24) is 20.6 Å². The summed E-state index contributed by atoms with van der Waals surface area (Å²) >= 11 is 0. The second kappa shape index (κ2) is 10.1. The molecular weight excluding hydrogens is 443 g/mol. The number of benzene rings is 2. The largest absolute Gasteiger partial charge is 0.396 e. The highest BCUT2D eigenvalue weighted by Gasteiger charge is 2.28. The summed E-state index contributed by atoms with van der Waals surface area (Å²) in [5, 5.41) is 15.8. The molecule has 0 radical (unpaired) electrons. The fraction of sp³-hybridized carbons (Fsp3) is 0.179. The molecular formula is C28H25FN4O2. The lowest BCUT2D eigenvalue weighted by Gasteiger charge is -2.17. The maximum Gasteiger partial charge on any atom is 0.270 e. The van der Waals surface area contributed by atoms with Gasteiger partial charge in [-0.1, -0.05) is 42.5 Å². The van der Waals surface area contributed by atoms with Gasteiger partial charge >= 0.3 is 0 Å². The summed E-state index contributed by atoms with van der Waals surface area (Å²) in [6.07, 6.45) is 4.08. The van der Waals surface area contributed by atoms with Crippen LogP contribution in [0.2, 0.25) is 0 Å². The molecule has 6 nitrogen and oxygen atoms in total. The first-order valence-corrected chi connectivity index (χ1v) is 11.5. The molecule has 176 valence electrons. The zero-order chi connectivity index (χ0) is 24.2. The van der Waals surface area contributed by atoms with Crippen LogP contribution in [-0.2, 0) is 13.1 Å². The van der Waals surface area contributed by atoms with Gasteiger partial charge in [-0.25, -0.2) is 9.37 Å². The van der Waals surface area contributed by atoms with Crippen molar-refractivity contribution < 1.29 is 14.3 Å². The average molecular weight is 469 g/mol. The smallest absolute Gasteiger partial charge is 0.270 e. The summed E-state index contributed by atoms with van der Waals surface area (Å²) in [6, 6.07) is 19.9. The lowest BCUT2D eigenvalue weighted by molar-refractivity contribution is 0.0945. The number of amides is 1. The average Bonchev–Trinajstić information content (AvgIpc) is 3.31. The highest BCUT2D eigenvalue weighted by molar-refractivity contribution is 5.93. The van der Waals surface area contributed by atoms with Crippen molar-refractivity contribution >= 4 is 5.91 Å². The first-order valence-electron chi connectivity index (χ1n) is 11.5. The molecule has 7 heteroatoms. The fourth-order valence-electron chi connectivity index (χ4n) is 4.48. The van der Waals surface area contributed by atoms with Crippen LogP contribution in [0.25, 0.3) is 22.4 Å². The fourth-order valence-corrected chi connectivity index (χ4v) is 4.48. The van der Waals surface area contributed by atoms with E-state index < -0.39 is 0 Å². The lowest BCUT2D eigenvalue weighted by Crippen LogP contribution is -2.25. The lowest BCUT2D eigenvalue weighted by atomic mass is 9.94. The molecule has 2 aromatic carbocycles. The molecule has 0 saturated heterocycles. The Morgan fingerprint density at radius 1 is 1.06 bits per heavy atom. The van der Waals surface area contributed by atoms with Crippen LogP contribution >= 0.6 is 0 Å². The molecule has 3 N–H and O–H groups in total. The Hall–Kier alpha value is -3.94. The van der Waals surface area contributed by atoms with E-state index in [1.807, 2.05) is 36.4 Å². The summed E-state index contributed by atoms with van der Waals surface area (Å²) in [5.74, 6) is -0.731. The number of aliphatic hydroxyl groups excluding tert-OH is 1. The second-order valence-electron chi connectivity index (χ2n) is 8.47. The van der Waals surface area contributed by atoms with Gasteiger partial charge in [-0.2, -0.15) is 0 Å². The molecule has 1 aliphatic rings. The molecule has 0 saturated carbocycles. The minimum atomic E-state index is -0.369. The van der Waals surface area contributed by atoms with Gasteiger partial charge in [0.15, 0.2) is 0 Å². The Balaban J connectivity index is 1.53. The maximum atomic E-state index is 14.0. The summed E-state index contributed by atoms with van der Waals surface area (Å²) in [6.45, 7) is 0.685. The number of carbonyl (C=O) groups excluding carboxylic acids is 1. The van der Waals surface area contributed by atoms with Gasteiger partial charge in [0.05, 0.1) is 5.69 Å². The van der Waals surface area contributed by atoms with E-state index in [1.54, 1.807) is 36.7 Å². The summed E-state index contributed by atoms with van der Waals surface area (Å²) < 4.78 is 14.0. The molecule has 0 spiro atoms. The molecule has 4 aromatic rings. The Kier molecular flexibility index (Phi) is 6.61. The molecule has 1 atom stereocenters. The standard InChI is InChI=1S/C28H25FN4O2/c29-23-9-2-1-5-21(23)16-32-28(35)25-14-22-17-31-24(10-12-34)26(22)27(33-25)19-7-3-6-18(13-19)20-8-4-11-30-15-20/h1-9,11,13-15,24,31,34H,10,12,16-17H2,(H,32,35). The first-order chi connectivity index (χ1) is 17.1. The molecule has 1 aliphatic heterocycles. The normalized spacial score (nSPS) is 14.5. The SMILES string of the molecule is O=C(NCc1ccccc1F)c1cc2c(c(-c3cccc(-c4cccnc4)c3)n1)C(CCO)NC2. The van der Waals surface area contributed by atoms with Crippen LogP contribution in [0.4, 0.5) is 4.39 Å². The molecule has 5 rings (SSSR count). The Morgan fingerprint density at radius 2 is 1.89 bits per heavy atom. The number of hydrogen-bond donors (Lipinski definition) is 3. The van der Waals surface area contributed by atoms with E-state index in [2.05, 4.69) is 15.6 Å². The second-order valence-corrected chi connectivity index (χ2v) is 8.47. The quantitative estimate of drug-likeness (QED) is 0.374. The van der Waals surface area contributed by atoms with Gasteiger partial charge in [0.2, 0.25) is 0 Å². The van der Waals surface area contributed by atoms with E-state index >= 15 is 0 Å². The van der Waals surface area contributed by atoms with E-state index in [0.29, 0.717) is 24.2 Å². The predicted molar refractivity (Wildman–Crippen MR) is 132 cm³/mol. The molecule has 1 unspecified atom stereocenters. The zero-order valence-corrected chi connectivity index (χ0v) is 19.0. The number of nitrogens with zero attached hydrogens (tertiary/aromatic N) is 2. The number of aliphatic hydroxyl groups is 1. The highest BCUT2D eigenvalue weighted by Crippen LogP contribution is 2.37. The molecule has 3 heterocycles.